The van der Waals surface area contributed by atoms with Gasteiger partial charge in [-0.15, -0.1) is 0 Å². The Hall–Kier alpha value is -4.02. The lowest BCUT2D eigenvalue weighted by Crippen LogP contribution is -2.26. The fraction of sp³-hybridized carbons (Fsp3) is 0.222. The lowest BCUT2D eigenvalue weighted by atomic mass is 10.2. The molecule has 11 nitrogen and oxygen atoms in total. The van der Waals surface area contributed by atoms with Crippen LogP contribution in [-0.2, 0) is 11.3 Å². The molecule has 6 N–H and O–H groups in total. The van der Waals surface area contributed by atoms with Crippen molar-refractivity contribution in [3.8, 4) is 0 Å². The third kappa shape index (κ3) is 4.83. The maximum Gasteiger partial charge on any atom is 0.305 e. The van der Waals surface area contributed by atoms with E-state index in [2.05, 4.69) is 25.3 Å². The summed E-state index contributed by atoms with van der Waals surface area (Å²) in [7, 11) is 1.87. The second-order valence-corrected chi connectivity index (χ2v) is 6.30. The summed E-state index contributed by atoms with van der Waals surface area (Å²) in [6, 6.07) is 6.92. The number of hydrogen-bond donors (Lipinski definition) is 4. The fourth-order valence-corrected chi connectivity index (χ4v) is 2.65. The summed E-state index contributed by atoms with van der Waals surface area (Å²) in [6.45, 7) is 0.520. The number of amides is 1. The molecule has 0 bridgehead atoms. The molecule has 0 spiro atoms. The second kappa shape index (κ2) is 8.33. The molecule has 0 fully saturated rings. The highest BCUT2D eigenvalue weighted by molar-refractivity contribution is 5.94. The minimum atomic E-state index is -0.962. The molecule has 29 heavy (non-hydrogen) atoms. The molecule has 0 atom stereocenters. The number of benzene rings is 1. The van der Waals surface area contributed by atoms with Crippen LogP contribution in [0.4, 0.5) is 17.5 Å². The number of rotatable bonds is 7. The Morgan fingerprint density at radius 1 is 1.14 bits per heavy atom. The van der Waals surface area contributed by atoms with Crippen LogP contribution in [0.25, 0.3) is 11.2 Å². The molecule has 11 heteroatoms. The largest absolute Gasteiger partial charge is 0.481 e. The van der Waals surface area contributed by atoms with Crippen molar-refractivity contribution in [3.63, 3.8) is 0 Å². The third-order valence-electron chi connectivity index (χ3n) is 4.10. The van der Waals surface area contributed by atoms with E-state index in [4.69, 9.17) is 16.6 Å². The van der Waals surface area contributed by atoms with E-state index < -0.39 is 5.97 Å². The van der Waals surface area contributed by atoms with E-state index in [1.54, 1.807) is 30.5 Å². The molecule has 3 aromatic rings. The molecule has 1 amide bonds. The summed E-state index contributed by atoms with van der Waals surface area (Å²) in [4.78, 5) is 41.0. The number of carboxylic acid groups (broad SMARTS) is 1. The highest BCUT2D eigenvalue weighted by atomic mass is 16.4. The van der Waals surface area contributed by atoms with Crippen LogP contribution in [-0.4, -0.2) is 50.5 Å². The smallest absolute Gasteiger partial charge is 0.305 e. The highest BCUT2D eigenvalue weighted by Crippen LogP contribution is 2.18. The van der Waals surface area contributed by atoms with E-state index in [-0.39, 0.29) is 30.6 Å². The highest BCUT2D eigenvalue weighted by Gasteiger charge is 2.11. The van der Waals surface area contributed by atoms with E-state index in [1.807, 2.05) is 11.9 Å². The minimum Gasteiger partial charge on any atom is -0.481 e. The van der Waals surface area contributed by atoms with Gasteiger partial charge in [0.05, 0.1) is 24.9 Å². The summed E-state index contributed by atoms with van der Waals surface area (Å²) in [5, 5.41) is 11.2. The van der Waals surface area contributed by atoms with Crippen molar-refractivity contribution in [1.29, 1.82) is 0 Å². The average molecular weight is 396 g/mol. The van der Waals surface area contributed by atoms with Crippen molar-refractivity contribution in [2.45, 2.75) is 13.0 Å². The molecule has 0 aliphatic heterocycles. The molecule has 3 rings (SSSR count). The van der Waals surface area contributed by atoms with E-state index in [0.717, 1.165) is 5.69 Å². The molecule has 0 saturated carbocycles. The van der Waals surface area contributed by atoms with Crippen LogP contribution in [0.5, 0.6) is 0 Å². The Labute approximate surface area is 165 Å². The first-order chi connectivity index (χ1) is 13.8. The van der Waals surface area contributed by atoms with Crippen LogP contribution >= 0.6 is 0 Å². The number of carbonyl (C=O) groups excluding carboxylic acids is 1. The van der Waals surface area contributed by atoms with Crippen molar-refractivity contribution in [2.24, 2.45) is 0 Å². The van der Waals surface area contributed by atoms with Gasteiger partial charge in [-0.3, -0.25) is 9.59 Å². The summed E-state index contributed by atoms with van der Waals surface area (Å²) in [5.41, 5.74) is 14.1. The first kappa shape index (κ1) is 19.7. The van der Waals surface area contributed by atoms with Gasteiger partial charge in [0.15, 0.2) is 17.0 Å². The fourth-order valence-electron chi connectivity index (χ4n) is 2.65. The van der Waals surface area contributed by atoms with E-state index in [9.17, 15) is 9.59 Å². The van der Waals surface area contributed by atoms with Gasteiger partial charge >= 0.3 is 5.97 Å². The molecule has 150 valence electrons. The van der Waals surface area contributed by atoms with Crippen LogP contribution < -0.4 is 21.7 Å². The van der Waals surface area contributed by atoms with Gasteiger partial charge in [-0.25, -0.2) is 9.97 Å². The van der Waals surface area contributed by atoms with Crippen LogP contribution in [0.1, 0.15) is 22.5 Å². The maximum absolute atomic E-state index is 12.0. The van der Waals surface area contributed by atoms with Crippen LogP contribution in [0.3, 0.4) is 0 Å². The van der Waals surface area contributed by atoms with Crippen LogP contribution in [0.15, 0.2) is 30.5 Å². The molecule has 1 aromatic carbocycles. The summed E-state index contributed by atoms with van der Waals surface area (Å²) in [5.74, 6) is -1.07. The zero-order chi connectivity index (χ0) is 21.0. The van der Waals surface area contributed by atoms with E-state index in [0.29, 0.717) is 29.0 Å². The van der Waals surface area contributed by atoms with E-state index >= 15 is 0 Å². The van der Waals surface area contributed by atoms with Crippen molar-refractivity contribution < 1.29 is 14.7 Å². The third-order valence-corrected chi connectivity index (χ3v) is 4.10. The van der Waals surface area contributed by atoms with Crippen LogP contribution in [0, 0.1) is 0 Å². The molecular weight excluding hydrogens is 376 g/mol. The molecule has 0 saturated heterocycles. The van der Waals surface area contributed by atoms with Gasteiger partial charge < -0.3 is 26.8 Å². The second-order valence-electron chi connectivity index (χ2n) is 6.30. The number of hydrogen-bond acceptors (Lipinski definition) is 9. The monoisotopic (exact) mass is 396 g/mol. The standard InChI is InChI=1S/C18H20N8O3/c1-26(9-11-8-22-16-14(23-11)15(19)24-18(20)25-16)12-4-2-10(3-5-12)17(29)21-7-6-13(27)28/h2-5,8H,6-7,9H2,1H3,(H,21,29)(H,27,28)(H4,19,20,22,24,25). The average Bonchev–Trinajstić information content (AvgIpc) is 2.68. The molecule has 0 aliphatic rings. The predicted molar refractivity (Wildman–Crippen MR) is 107 cm³/mol. The molecule has 0 radical (unpaired) electrons. The topological polar surface area (TPSA) is 173 Å². The van der Waals surface area contributed by atoms with Gasteiger partial charge in [-0.1, -0.05) is 0 Å². The Bertz CT molecular complexity index is 1050. The lowest BCUT2D eigenvalue weighted by Gasteiger charge is -2.19. The first-order valence-corrected chi connectivity index (χ1v) is 8.69. The van der Waals surface area contributed by atoms with Crippen molar-refractivity contribution >= 4 is 40.5 Å². The summed E-state index contributed by atoms with van der Waals surface area (Å²) < 4.78 is 0. The normalized spacial score (nSPS) is 10.7. The number of aromatic nitrogens is 4. The molecule has 2 heterocycles. The number of nitrogens with one attached hydrogen (secondary N) is 1. The van der Waals surface area contributed by atoms with Gasteiger partial charge in [-0.05, 0) is 24.3 Å². The number of carboxylic acids is 1. The van der Waals surface area contributed by atoms with Crippen molar-refractivity contribution in [2.75, 3.05) is 30.0 Å². The Morgan fingerprint density at radius 2 is 1.86 bits per heavy atom. The van der Waals surface area contributed by atoms with Crippen molar-refractivity contribution in [3.05, 3.63) is 41.7 Å². The molecule has 0 unspecified atom stereocenters. The number of nitrogen functional groups attached to an aromatic ring is 2. The van der Waals surface area contributed by atoms with Gasteiger partial charge in [0.25, 0.3) is 5.91 Å². The Balaban J connectivity index is 1.67. The van der Waals surface area contributed by atoms with Gasteiger partial charge in [0.1, 0.15) is 0 Å². The van der Waals surface area contributed by atoms with E-state index in [1.165, 1.54) is 0 Å². The summed E-state index contributed by atoms with van der Waals surface area (Å²) in [6.07, 6.45) is 1.47. The number of fused-ring (bicyclic) bond motifs is 1. The number of nitrogens with two attached hydrogens (primary N) is 2. The number of aliphatic carboxylic acids is 1. The zero-order valence-corrected chi connectivity index (χ0v) is 15.7. The number of anilines is 3. The Kier molecular flexibility index (Phi) is 5.67. The quantitative estimate of drug-likeness (QED) is 0.438. The van der Waals surface area contributed by atoms with Gasteiger partial charge in [0.2, 0.25) is 5.95 Å². The zero-order valence-electron chi connectivity index (χ0n) is 15.7. The molecule has 0 aliphatic carbocycles. The van der Waals surface area contributed by atoms with Crippen molar-refractivity contribution in [1.82, 2.24) is 25.3 Å². The first-order valence-electron chi connectivity index (χ1n) is 8.69. The molecular formula is C18H20N8O3. The van der Waals surface area contributed by atoms with Crippen LogP contribution in [0.2, 0.25) is 0 Å². The van der Waals surface area contributed by atoms with Gasteiger partial charge in [0, 0.05) is 24.8 Å². The molecule has 2 aromatic heterocycles. The minimum absolute atomic E-state index is 0.0428. The lowest BCUT2D eigenvalue weighted by molar-refractivity contribution is -0.136. The Morgan fingerprint density at radius 3 is 2.55 bits per heavy atom. The number of carbonyl (C=O) groups is 2. The summed E-state index contributed by atoms with van der Waals surface area (Å²) >= 11 is 0. The SMILES string of the molecule is CN(Cc1cnc2nc(N)nc(N)c2n1)c1ccc(C(=O)NCCC(=O)O)cc1. The predicted octanol–water partition coefficient (Wildman–Crippen LogP) is 0.425. The van der Waals surface area contributed by atoms with Gasteiger partial charge in [-0.2, -0.15) is 9.97 Å². The number of nitrogens with zero attached hydrogens (tertiary/aromatic N) is 5. The maximum atomic E-state index is 12.0.